The lowest BCUT2D eigenvalue weighted by molar-refractivity contribution is -0.137. The van der Waals surface area contributed by atoms with Crippen LogP contribution in [0, 0.1) is 12.7 Å². The van der Waals surface area contributed by atoms with Crippen LogP contribution in [0.1, 0.15) is 11.3 Å². The van der Waals surface area contributed by atoms with Gasteiger partial charge in [-0.05, 0) is 25.1 Å². The van der Waals surface area contributed by atoms with E-state index in [2.05, 4.69) is 9.97 Å². The molecule has 0 unspecified atom stereocenters. The number of nitrogens with zero attached hydrogens (tertiary/aromatic N) is 1. The molecule has 3 N–H and O–H groups in total. The van der Waals surface area contributed by atoms with E-state index >= 15 is 0 Å². The zero-order valence-electron chi connectivity index (χ0n) is 9.27. The number of nitrogens with one attached hydrogen (secondary N) is 1. The predicted molar refractivity (Wildman–Crippen MR) is 58.1 cm³/mol. The summed E-state index contributed by atoms with van der Waals surface area (Å²) in [6, 6.07) is 2.29. The van der Waals surface area contributed by atoms with Gasteiger partial charge in [0.2, 0.25) is 0 Å². The topological polar surface area (TPSA) is 54.7 Å². The van der Waals surface area contributed by atoms with Crippen molar-refractivity contribution in [2.24, 2.45) is 0 Å². The fourth-order valence-corrected chi connectivity index (χ4v) is 1.63. The van der Waals surface area contributed by atoms with Crippen LogP contribution in [0.2, 0.25) is 0 Å². The Morgan fingerprint density at radius 2 is 1.94 bits per heavy atom. The van der Waals surface area contributed by atoms with Gasteiger partial charge in [-0.1, -0.05) is 0 Å². The van der Waals surface area contributed by atoms with Crippen molar-refractivity contribution >= 4 is 5.95 Å². The van der Waals surface area contributed by atoms with Gasteiger partial charge in [0.05, 0.1) is 11.3 Å². The summed E-state index contributed by atoms with van der Waals surface area (Å²) in [6.07, 6.45) is -4.57. The number of nitrogens with two attached hydrogens (primary N) is 1. The van der Waals surface area contributed by atoms with Gasteiger partial charge >= 0.3 is 6.18 Å². The zero-order chi connectivity index (χ0) is 13.5. The van der Waals surface area contributed by atoms with E-state index in [0.29, 0.717) is 11.8 Å². The van der Waals surface area contributed by atoms with Gasteiger partial charge in [0.1, 0.15) is 5.82 Å². The SMILES string of the molecule is Cc1[nH]c(N)nc1-c1ccc(C(F)(F)F)cc1F. The lowest BCUT2D eigenvalue weighted by atomic mass is 10.1. The molecule has 0 aliphatic heterocycles. The molecule has 1 aromatic heterocycles. The van der Waals surface area contributed by atoms with Crippen LogP contribution < -0.4 is 5.73 Å². The van der Waals surface area contributed by atoms with Crippen molar-refractivity contribution in [1.82, 2.24) is 9.97 Å². The van der Waals surface area contributed by atoms with Crippen LogP contribution in [0.25, 0.3) is 11.3 Å². The number of rotatable bonds is 1. The summed E-state index contributed by atoms with van der Waals surface area (Å²) in [7, 11) is 0. The minimum Gasteiger partial charge on any atom is -0.369 e. The van der Waals surface area contributed by atoms with E-state index in [1.807, 2.05) is 0 Å². The van der Waals surface area contributed by atoms with Crippen LogP contribution in [-0.2, 0) is 6.18 Å². The normalized spacial score (nSPS) is 11.8. The predicted octanol–water partition coefficient (Wildman–Crippen LogP) is 3.13. The Bertz CT molecular complexity index is 586. The number of imidazole rings is 1. The molecule has 0 saturated carbocycles. The molecule has 0 bridgehead atoms. The van der Waals surface area contributed by atoms with Crippen molar-refractivity contribution in [2.75, 3.05) is 5.73 Å². The fraction of sp³-hybridized carbons (Fsp3) is 0.182. The zero-order valence-corrected chi connectivity index (χ0v) is 9.27. The molecule has 0 saturated heterocycles. The van der Waals surface area contributed by atoms with Crippen molar-refractivity contribution in [3.63, 3.8) is 0 Å². The fourth-order valence-electron chi connectivity index (χ4n) is 1.63. The van der Waals surface area contributed by atoms with E-state index in [4.69, 9.17) is 5.73 Å². The maximum atomic E-state index is 13.7. The van der Waals surface area contributed by atoms with Gasteiger partial charge in [-0.3, -0.25) is 0 Å². The molecular weight excluding hydrogens is 250 g/mol. The molecule has 0 atom stereocenters. The van der Waals surface area contributed by atoms with Crippen molar-refractivity contribution in [2.45, 2.75) is 13.1 Å². The minimum absolute atomic E-state index is 0.0200. The van der Waals surface area contributed by atoms with Crippen LogP contribution in [0.5, 0.6) is 0 Å². The highest BCUT2D eigenvalue weighted by molar-refractivity contribution is 5.64. The number of hydrogen-bond acceptors (Lipinski definition) is 2. The molecule has 0 amide bonds. The van der Waals surface area contributed by atoms with Gasteiger partial charge in [-0.15, -0.1) is 0 Å². The van der Waals surface area contributed by atoms with Gasteiger partial charge in [-0.25, -0.2) is 9.37 Å². The molecule has 3 nitrogen and oxygen atoms in total. The smallest absolute Gasteiger partial charge is 0.369 e. The van der Waals surface area contributed by atoms with E-state index < -0.39 is 17.6 Å². The van der Waals surface area contributed by atoms with Crippen LogP contribution in [0.15, 0.2) is 18.2 Å². The number of halogens is 4. The van der Waals surface area contributed by atoms with Crippen molar-refractivity contribution in [3.8, 4) is 11.3 Å². The molecule has 0 fully saturated rings. The third-order valence-electron chi connectivity index (χ3n) is 2.45. The summed E-state index contributed by atoms with van der Waals surface area (Å²) in [5.74, 6) is -0.902. The van der Waals surface area contributed by atoms with E-state index in [-0.39, 0.29) is 17.2 Å². The Labute approximate surface area is 99.6 Å². The largest absolute Gasteiger partial charge is 0.416 e. The summed E-state index contributed by atoms with van der Waals surface area (Å²) in [4.78, 5) is 6.49. The van der Waals surface area contributed by atoms with Gasteiger partial charge < -0.3 is 10.7 Å². The first kappa shape index (κ1) is 12.4. The highest BCUT2D eigenvalue weighted by atomic mass is 19.4. The first-order valence-corrected chi connectivity index (χ1v) is 4.98. The molecule has 0 aliphatic rings. The minimum atomic E-state index is -4.57. The number of hydrogen-bond donors (Lipinski definition) is 2. The third kappa shape index (κ3) is 2.15. The van der Waals surface area contributed by atoms with Crippen LogP contribution in [0.4, 0.5) is 23.5 Å². The summed E-state index contributed by atoms with van der Waals surface area (Å²) >= 11 is 0. The summed E-state index contributed by atoms with van der Waals surface area (Å²) in [5.41, 5.74) is 5.04. The molecule has 7 heteroatoms. The monoisotopic (exact) mass is 259 g/mol. The highest BCUT2D eigenvalue weighted by Crippen LogP contribution is 2.33. The number of benzene rings is 1. The number of H-pyrrole nitrogens is 1. The summed E-state index contributed by atoms with van der Waals surface area (Å²) in [5, 5.41) is 0. The number of aryl methyl sites for hydroxylation is 1. The van der Waals surface area contributed by atoms with E-state index in [1.54, 1.807) is 6.92 Å². The van der Waals surface area contributed by atoms with Crippen LogP contribution in [-0.4, -0.2) is 9.97 Å². The average molecular weight is 259 g/mol. The standard InChI is InChI=1S/C11H9F4N3/c1-5-9(18-10(16)17-5)7-3-2-6(4-8(7)12)11(13,14)15/h2-4H,1H3,(H3,16,17,18). The Morgan fingerprint density at radius 3 is 2.39 bits per heavy atom. The Hall–Kier alpha value is -2.05. The third-order valence-corrected chi connectivity index (χ3v) is 2.45. The first-order chi connectivity index (χ1) is 8.29. The van der Waals surface area contributed by atoms with Crippen molar-refractivity contribution < 1.29 is 17.6 Å². The molecule has 2 rings (SSSR count). The Balaban J connectivity index is 2.51. The van der Waals surface area contributed by atoms with Crippen molar-refractivity contribution in [1.29, 1.82) is 0 Å². The second kappa shape index (κ2) is 4.01. The average Bonchev–Trinajstić information content (AvgIpc) is 2.56. The molecule has 0 radical (unpaired) electrons. The number of anilines is 1. The lowest BCUT2D eigenvalue weighted by Crippen LogP contribution is -2.05. The van der Waals surface area contributed by atoms with Gasteiger partial charge in [0.25, 0.3) is 0 Å². The van der Waals surface area contributed by atoms with E-state index in [1.165, 1.54) is 0 Å². The maximum absolute atomic E-state index is 13.7. The second-order valence-corrected chi connectivity index (χ2v) is 3.79. The maximum Gasteiger partial charge on any atom is 0.416 e. The summed E-state index contributed by atoms with van der Waals surface area (Å²) in [6.45, 7) is 1.61. The van der Waals surface area contributed by atoms with Crippen LogP contribution in [0.3, 0.4) is 0 Å². The van der Waals surface area contributed by atoms with Gasteiger partial charge in [-0.2, -0.15) is 13.2 Å². The second-order valence-electron chi connectivity index (χ2n) is 3.79. The number of nitrogen functional groups attached to an aromatic ring is 1. The van der Waals surface area contributed by atoms with Gasteiger partial charge in [0, 0.05) is 11.3 Å². The molecular formula is C11H9F4N3. The molecule has 2 aromatic rings. The number of aromatic nitrogens is 2. The molecule has 1 aromatic carbocycles. The Morgan fingerprint density at radius 1 is 1.28 bits per heavy atom. The molecule has 0 aliphatic carbocycles. The van der Waals surface area contributed by atoms with Gasteiger partial charge in [0.15, 0.2) is 5.95 Å². The molecule has 1 heterocycles. The molecule has 18 heavy (non-hydrogen) atoms. The first-order valence-electron chi connectivity index (χ1n) is 4.98. The lowest BCUT2D eigenvalue weighted by Gasteiger charge is -2.08. The Kier molecular flexibility index (Phi) is 2.76. The molecule has 0 spiro atoms. The summed E-state index contributed by atoms with van der Waals surface area (Å²) < 4.78 is 50.8. The van der Waals surface area contributed by atoms with Crippen molar-refractivity contribution in [3.05, 3.63) is 35.3 Å². The van der Waals surface area contributed by atoms with Crippen LogP contribution >= 0.6 is 0 Å². The number of aromatic amines is 1. The highest BCUT2D eigenvalue weighted by Gasteiger charge is 2.31. The quantitative estimate of drug-likeness (QED) is 0.773. The van der Waals surface area contributed by atoms with E-state index in [0.717, 1.165) is 12.1 Å². The molecule has 96 valence electrons. The number of alkyl halides is 3. The van der Waals surface area contributed by atoms with E-state index in [9.17, 15) is 17.6 Å².